The third kappa shape index (κ3) is 3.29. The highest BCUT2D eigenvalue weighted by Crippen LogP contribution is 2.32. The fraction of sp³-hybridized carbons (Fsp3) is 0.619. The van der Waals surface area contributed by atoms with E-state index in [1.54, 1.807) is 10.8 Å². The molecule has 30 heavy (non-hydrogen) atoms. The standard InChI is InChI=1S/C21H29N7OS/c1-4-26(5-2)21(29)18-14(3)17-19-23-16(24-28(19)13-22-20(17)30-18)12-25-9-10-27-8-6-7-15(27)11-25/h13,15H,4-12H2,1-3H3. The Morgan fingerprint density at radius 2 is 2.10 bits per heavy atom. The van der Waals surface area contributed by atoms with Crippen LogP contribution >= 0.6 is 11.3 Å². The van der Waals surface area contributed by atoms with Crippen molar-refractivity contribution in [2.45, 2.75) is 46.2 Å². The van der Waals surface area contributed by atoms with E-state index in [1.165, 1.54) is 30.7 Å². The van der Waals surface area contributed by atoms with Gasteiger partial charge in [0.2, 0.25) is 0 Å². The number of piperazine rings is 1. The maximum Gasteiger partial charge on any atom is 0.264 e. The molecule has 0 radical (unpaired) electrons. The van der Waals surface area contributed by atoms with E-state index in [0.29, 0.717) is 19.1 Å². The van der Waals surface area contributed by atoms with Gasteiger partial charge in [-0.2, -0.15) is 0 Å². The van der Waals surface area contributed by atoms with Crippen molar-refractivity contribution < 1.29 is 4.79 Å². The Labute approximate surface area is 180 Å². The fourth-order valence-corrected chi connectivity index (χ4v) is 6.01. The third-order valence-electron chi connectivity index (χ3n) is 6.59. The molecule has 2 aliphatic rings. The molecule has 3 aromatic rings. The van der Waals surface area contributed by atoms with Crippen LogP contribution in [0.2, 0.25) is 0 Å². The lowest BCUT2D eigenvalue weighted by molar-refractivity contribution is 0.0777. The van der Waals surface area contributed by atoms with Gasteiger partial charge in [0.05, 0.1) is 16.8 Å². The van der Waals surface area contributed by atoms with Crippen LogP contribution in [0.5, 0.6) is 0 Å². The third-order valence-corrected chi connectivity index (χ3v) is 7.78. The number of thiophene rings is 1. The molecule has 0 saturated carbocycles. The molecule has 9 heteroatoms. The lowest BCUT2D eigenvalue weighted by Crippen LogP contribution is -2.49. The van der Waals surface area contributed by atoms with Crippen molar-refractivity contribution in [3.63, 3.8) is 0 Å². The molecule has 0 N–H and O–H groups in total. The number of aromatic nitrogens is 4. The zero-order valence-electron chi connectivity index (χ0n) is 18.0. The van der Waals surface area contributed by atoms with Crippen LogP contribution in [-0.4, -0.2) is 85.5 Å². The Hall–Kier alpha value is -2.10. The quantitative estimate of drug-likeness (QED) is 0.623. The molecule has 2 fully saturated rings. The Morgan fingerprint density at radius 1 is 1.27 bits per heavy atom. The molecule has 1 amide bonds. The summed E-state index contributed by atoms with van der Waals surface area (Å²) in [6.07, 6.45) is 4.35. The highest BCUT2D eigenvalue weighted by Gasteiger charge is 2.31. The summed E-state index contributed by atoms with van der Waals surface area (Å²) in [6.45, 7) is 12.8. The molecule has 1 unspecified atom stereocenters. The number of fused-ring (bicyclic) bond motifs is 4. The minimum atomic E-state index is 0.0767. The lowest BCUT2D eigenvalue weighted by Gasteiger charge is -2.36. The number of amides is 1. The first kappa shape index (κ1) is 19.8. The zero-order valence-corrected chi connectivity index (χ0v) is 18.8. The van der Waals surface area contributed by atoms with Gasteiger partial charge in [-0.1, -0.05) is 0 Å². The van der Waals surface area contributed by atoms with E-state index in [1.807, 2.05) is 25.7 Å². The van der Waals surface area contributed by atoms with Crippen molar-refractivity contribution in [3.05, 3.63) is 22.6 Å². The SMILES string of the molecule is CCN(CC)C(=O)c1sc2ncn3nc(CN4CCN5CCCC5C4)nc3c2c1C. The van der Waals surface area contributed by atoms with Crippen molar-refractivity contribution in [3.8, 4) is 0 Å². The summed E-state index contributed by atoms with van der Waals surface area (Å²) in [6, 6.07) is 0.692. The van der Waals surface area contributed by atoms with Gasteiger partial charge in [-0.05, 0) is 45.7 Å². The highest BCUT2D eigenvalue weighted by atomic mass is 32.1. The van der Waals surface area contributed by atoms with E-state index in [4.69, 9.17) is 10.1 Å². The van der Waals surface area contributed by atoms with E-state index in [0.717, 1.165) is 58.3 Å². The molecule has 5 rings (SSSR count). The van der Waals surface area contributed by atoms with Crippen LogP contribution in [0.3, 0.4) is 0 Å². The topological polar surface area (TPSA) is 69.9 Å². The highest BCUT2D eigenvalue weighted by molar-refractivity contribution is 7.20. The van der Waals surface area contributed by atoms with Crippen LogP contribution < -0.4 is 0 Å². The van der Waals surface area contributed by atoms with E-state index in [9.17, 15) is 4.79 Å². The predicted molar refractivity (Wildman–Crippen MR) is 118 cm³/mol. The zero-order chi connectivity index (χ0) is 20.8. The van der Waals surface area contributed by atoms with Crippen LogP contribution in [0.25, 0.3) is 15.9 Å². The first-order valence-electron chi connectivity index (χ1n) is 11.0. The molecule has 0 aromatic carbocycles. The van der Waals surface area contributed by atoms with Crippen molar-refractivity contribution in [2.75, 3.05) is 39.3 Å². The van der Waals surface area contributed by atoms with Gasteiger partial charge in [-0.15, -0.1) is 16.4 Å². The normalized spacial score (nSPS) is 20.3. The molecule has 160 valence electrons. The molecule has 3 aromatic heterocycles. The first-order valence-corrected chi connectivity index (χ1v) is 11.8. The van der Waals surface area contributed by atoms with Gasteiger partial charge in [-0.3, -0.25) is 14.6 Å². The van der Waals surface area contributed by atoms with Crippen LogP contribution in [0, 0.1) is 6.92 Å². The Balaban J connectivity index is 1.45. The van der Waals surface area contributed by atoms with Crippen LogP contribution in [-0.2, 0) is 6.54 Å². The number of nitrogens with zero attached hydrogens (tertiary/aromatic N) is 7. The summed E-state index contributed by atoms with van der Waals surface area (Å²) in [5.74, 6) is 0.908. The van der Waals surface area contributed by atoms with Crippen molar-refractivity contribution in [1.82, 2.24) is 34.3 Å². The van der Waals surface area contributed by atoms with Crippen molar-refractivity contribution >= 4 is 33.1 Å². The number of carbonyl (C=O) groups is 1. The number of hydrogen-bond donors (Lipinski definition) is 0. The minimum absolute atomic E-state index is 0.0767. The molecule has 2 saturated heterocycles. The molecule has 0 spiro atoms. The number of hydrogen-bond acceptors (Lipinski definition) is 7. The molecule has 8 nitrogen and oxygen atoms in total. The smallest absolute Gasteiger partial charge is 0.264 e. The molecular weight excluding hydrogens is 398 g/mol. The lowest BCUT2D eigenvalue weighted by atomic mass is 10.1. The second-order valence-electron chi connectivity index (χ2n) is 8.32. The number of aryl methyl sites for hydroxylation is 1. The monoisotopic (exact) mass is 427 g/mol. The second kappa shape index (κ2) is 7.86. The average Bonchev–Trinajstić information content (AvgIpc) is 3.45. The molecule has 2 aliphatic heterocycles. The molecule has 1 atom stereocenters. The Morgan fingerprint density at radius 3 is 2.90 bits per heavy atom. The van der Waals surface area contributed by atoms with Gasteiger partial charge in [0.1, 0.15) is 11.2 Å². The van der Waals surface area contributed by atoms with Gasteiger partial charge in [0.25, 0.3) is 5.91 Å². The van der Waals surface area contributed by atoms with Gasteiger partial charge in [-0.25, -0.2) is 14.5 Å². The van der Waals surface area contributed by atoms with Gasteiger partial charge in [0.15, 0.2) is 11.5 Å². The predicted octanol–water partition coefficient (Wildman–Crippen LogP) is 2.41. The van der Waals surface area contributed by atoms with Gasteiger partial charge >= 0.3 is 0 Å². The Bertz CT molecular complexity index is 1090. The summed E-state index contributed by atoms with van der Waals surface area (Å²) in [5, 5.41) is 5.66. The fourth-order valence-electron chi connectivity index (χ4n) is 4.90. The largest absolute Gasteiger partial charge is 0.338 e. The van der Waals surface area contributed by atoms with Crippen molar-refractivity contribution in [2.24, 2.45) is 0 Å². The van der Waals surface area contributed by atoms with E-state index in [2.05, 4.69) is 14.8 Å². The van der Waals surface area contributed by atoms with Crippen LogP contribution in [0.15, 0.2) is 6.33 Å². The maximum atomic E-state index is 12.9. The van der Waals surface area contributed by atoms with Gasteiger partial charge < -0.3 is 4.90 Å². The molecular formula is C21H29N7OS. The average molecular weight is 428 g/mol. The van der Waals surface area contributed by atoms with Crippen LogP contribution in [0.1, 0.15) is 47.7 Å². The Kier molecular flexibility index (Phi) is 5.20. The number of carbonyl (C=O) groups excluding carboxylic acids is 1. The van der Waals surface area contributed by atoms with E-state index >= 15 is 0 Å². The summed E-state index contributed by atoms with van der Waals surface area (Å²) < 4.78 is 1.77. The van der Waals surface area contributed by atoms with Crippen molar-refractivity contribution in [1.29, 1.82) is 0 Å². The summed E-state index contributed by atoms with van der Waals surface area (Å²) >= 11 is 1.46. The summed E-state index contributed by atoms with van der Waals surface area (Å²) in [7, 11) is 0. The van der Waals surface area contributed by atoms with Crippen LogP contribution in [0.4, 0.5) is 0 Å². The molecule has 0 bridgehead atoms. The maximum absolute atomic E-state index is 12.9. The van der Waals surface area contributed by atoms with E-state index in [-0.39, 0.29) is 5.91 Å². The van der Waals surface area contributed by atoms with Gasteiger partial charge in [0, 0.05) is 38.8 Å². The second-order valence-corrected chi connectivity index (χ2v) is 9.32. The molecule has 0 aliphatic carbocycles. The van der Waals surface area contributed by atoms with E-state index < -0.39 is 0 Å². The number of rotatable bonds is 5. The summed E-state index contributed by atoms with van der Waals surface area (Å²) in [4.78, 5) is 31.0. The summed E-state index contributed by atoms with van der Waals surface area (Å²) in [5.41, 5.74) is 1.77. The minimum Gasteiger partial charge on any atom is -0.338 e. The molecule has 5 heterocycles. The first-order chi connectivity index (χ1) is 14.6.